The molecule has 16 heavy (non-hydrogen) atoms. The van der Waals surface area contributed by atoms with E-state index in [1.165, 1.54) is 0 Å². The van der Waals surface area contributed by atoms with Crippen LogP contribution in [0, 0.1) is 0 Å². The highest BCUT2D eigenvalue weighted by molar-refractivity contribution is 6.35. The van der Waals surface area contributed by atoms with E-state index in [2.05, 4.69) is 10.3 Å². The maximum Gasteiger partial charge on any atom is 0.144 e. The Morgan fingerprint density at radius 1 is 1.56 bits per heavy atom. The zero-order valence-electron chi connectivity index (χ0n) is 9.04. The molecule has 0 saturated heterocycles. The predicted octanol–water partition coefficient (Wildman–Crippen LogP) is 2.16. The Morgan fingerprint density at radius 3 is 2.94 bits per heavy atom. The molecule has 1 rings (SSSR count). The molecule has 1 aromatic rings. The van der Waals surface area contributed by atoms with Crippen LogP contribution in [0.15, 0.2) is 12.3 Å². The molecule has 6 heteroatoms. The van der Waals surface area contributed by atoms with Gasteiger partial charge in [0.1, 0.15) is 5.82 Å². The van der Waals surface area contributed by atoms with E-state index >= 15 is 0 Å². The van der Waals surface area contributed by atoms with Gasteiger partial charge in [-0.2, -0.15) is 0 Å². The van der Waals surface area contributed by atoms with Crippen LogP contribution in [-0.2, 0) is 4.74 Å². The number of hydrogen-bond donors (Lipinski definition) is 2. The van der Waals surface area contributed by atoms with Crippen LogP contribution in [-0.4, -0.2) is 31.3 Å². The van der Waals surface area contributed by atoms with E-state index in [1.54, 1.807) is 19.4 Å². The van der Waals surface area contributed by atoms with Gasteiger partial charge in [-0.25, -0.2) is 4.98 Å². The number of pyridine rings is 1. The summed E-state index contributed by atoms with van der Waals surface area (Å²) in [4.78, 5) is 4.07. The first-order valence-electron chi connectivity index (χ1n) is 4.93. The van der Waals surface area contributed by atoms with Gasteiger partial charge in [0.05, 0.1) is 16.7 Å². The van der Waals surface area contributed by atoms with Gasteiger partial charge in [0.25, 0.3) is 0 Å². The maximum atomic E-state index is 5.94. The van der Waals surface area contributed by atoms with Crippen molar-refractivity contribution in [3.8, 4) is 0 Å². The minimum absolute atomic E-state index is 0.0172. The lowest BCUT2D eigenvalue weighted by atomic mass is 10.2. The Labute approximate surface area is 105 Å². The van der Waals surface area contributed by atoms with Crippen LogP contribution in [0.25, 0.3) is 0 Å². The summed E-state index contributed by atoms with van der Waals surface area (Å²) in [5, 5.41) is 4.12. The number of ether oxygens (including phenoxy) is 1. The molecule has 4 nitrogen and oxygen atoms in total. The molecule has 0 aliphatic rings. The van der Waals surface area contributed by atoms with Crippen molar-refractivity contribution >= 4 is 29.0 Å². The van der Waals surface area contributed by atoms with E-state index in [0.717, 1.165) is 6.42 Å². The number of rotatable bonds is 6. The molecule has 0 amide bonds. The van der Waals surface area contributed by atoms with E-state index in [-0.39, 0.29) is 6.04 Å². The minimum Gasteiger partial charge on any atom is -0.383 e. The fourth-order valence-electron chi connectivity index (χ4n) is 1.22. The number of aromatic nitrogens is 1. The summed E-state index contributed by atoms with van der Waals surface area (Å²) >= 11 is 11.7. The summed E-state index contributed by atoms with van der Waals surface area (Å²) in [6.07, 6.45) is 2.33. The van der Waals surface area contributed by atoms with Gasteiger partial charge < -0.3 is 15.8 Å². The van der Waals surface area contributed by atoms with Crippen molar-refractivity contribution in [2.45, 2.75) is 12.5 Å². The van der Waals surface area contributed by atoms with Crippen LogP contribution in [0.1, 0.15) is 6.42 Å². The largest absolute Gasteiger partial charge is 0.383 e. The van der Waals surface area contributed by atoms with E-state index in [9.17, 15) is 0 Å². The molecule has 0 saturated carbocycles. The normalized spacial score (nSPS) is 12.5. The first-order valence-corrected chi connectivity index (χ1v) is 5.68. The first-order chi connectivity index (χ1) is 7.63. The highest BCUT2D eigenvalue weighted by Gasteiger charge is 2.04. The van der Waals surface area contributed by atoms with Crippen molar-refractivity contribution in [1.82, 2.24) is 4.98 Å². The predicted molar refractivity (Wildman–Crippen MR) is 67.2 cm³/mol. The van der Waals surface area contributed by atoms with Crippen molar-refractivity contribution < 1.29 is 4.74 Å². The fraction of sp³-hybridized carbons (Fsp3) is 0.500. The molecule has 0 spiro atoms. The van der Waals surface area contributed by atoms with E-state index in [4.69, 9.17) is 33.7 Å². The Bertz CT molecular complexity index is 336. The molecule has 1 heterocycles. The maximum absolute atomic E-state index is 5.94. The van der Waals surface area contributed by atoms with E-state index < -0.39 is 0 Å². The van der Waals surface area contributed by atoms with E-state index in [0.29, 0.717) is 29.0 Å². The number of anilines is 1. The molecule has 1 unspecified atom stereocenters. The van der Waals surface area contributed by atoms with Gasteiger partial charge in [0.15, 0.2) is 0 Å². The highest BCUT2D eigenvalue weighted by atomic mass is 35.5. The van der Waals surface area contributed by atoms with Crippen molar-refractivity contribution in [2.24, 2.45) is 5.73 Å². The molecule has 0 bridgehead atoms. The van der Waals surface area contributed by atoms with Crippen LogP contribution in [0.5, 0.6) is 0 Å². The second-order valence-electron chi connectivity index (χ2n) is 3.41. The monoisotopic (exact) mass is 263 g/mol. The average molecular weight is 264 g/mol. The van der Waals surface area contributed by atoms with Crippen LogP contribution < -0.4 is 11.1 Å². The lowest BCUT2D eigenvalue weighted by molar-refractivity contribution is 0.178. The molecule has 0 fully saturated rings. The third-order valence-electron chi connectivity index (χ3n) is 2.00. The molecule has 0 radical (unpaired) electrons. The van der Waals surface area contributed by atoms with E-state index in [1.807, 2.05) is 0 Å². The first kappa shape index (κ1) is 13.5. The fourth-order valence-corrected chi connectivity index (χ4v) is 1.66. The summed E-state index contributed by atoms with van der Waals surface area (Å²) < 4.78 is 4.93. The third-order valence-corrected chi connectivity index (χ3v) is 2.49. The van der Waals surface area contributed by atoms with Crippen molar-refractivity contribution in [3.05, 3.63) is 22.3 Å². The SMILES string of the molecule is COCC(N)CCNc1ncc(Cl)cc1Cl. The van der Waals surface area contributed by atoms with Crippen LogP contribution in [0.4, 0.5) is 5.82 Å². The van der Waals surface area contributed by atoms with Gasteiger partial charge in [-0.15, -0.1) is 0 Å². The highest BCUT2D eigenvalue weighted by Crippen LogP contribution is 2.22. The third kappa shape index (κ3) is 4.53. The van der Waals surface area contributed by atoms with Crippen molar-refractivity contribution in [1.29, 1.82) is 0 Å². The summed E-state index contributed by atoms with van der Waals surface area (Å²) in [7, 11) is 1.63. The van der Waals surface area contributed by atoms with Gasteiger partial charge in [0, 0.05) is 25.9 Å². The summed E-state index contributed by atoms with van der Waals surface area (Å²) in [5.41, 5.74) is 5.77. The Balaban J connectivity index is 2.37. The van der Waals surface area contributed by atoms with Gasteiger partial charge in [-0.1, -0.05) is 23.2 Å². The number of hydrogen-bond acceptors (Lipinski definition) is 4. The molecule has 0 aliphatic heterocycles. The summed E-state index contributed by atoms with van der Waals surface area (Å²) in [6, 6.07) is 1.66. The minimum atomic E-state index is 0.0172. The number of nitrogens with zero attached hydrogens (tertiary/aromatic N) is 1. The smallest absolute Gasteiger partial charge is 0.144 e. The standard InChI is InChI=1S/C10H15Cl2N3O/c1-16-6-8(13)2-3-14-10-9(12)4-7(11)5-15-10/h4-5,8H,2-3,6,13H2,1H3,(H,14,15). The number of methoxy groups -OCH3 is 1. The average Bonchev–Trinajstić information content (AvgIpc) is 2.22. The van der Waals surface area contributed by atoms with Gasteiger partial charge in [0.2, 0.25) is 0 Å². The molecular weight excluding hydrogens is 249 g/mol. The molecule has 0 aliphatic carbocycles. The molecule has 90 valence electrons. The number of nitrogens with two attached hydrogens (primary N) is 1. The van der Waals surface area contributed by atoms with Gasteiger partial charge in [-0.05, 0) is 12.5 Å². The molecule has 1 atom stereocenters. The molecule has 3 N–H and O–H groups in total. The zero-order valence-corrected chi connectivity index (χ0v) is 10.6. The lowest BCUT2D eigenvalue weighted by Crippen LogP contribution is -2.28. The van der Waals surface area contributed by atoms with Crippen LogP contribution >= 0.6 is 23.2 Å². The summed E-state index contributed by atoms with van der Waals surface area (Å²) in [5.74, 6) is 0.621. The number of nitrogens with one attached hydrogen (secondary N) is 1. The Morgan fingerprint density at radius 2 is 2.31 bits per heavy atom. The van der Waals surface area contributed by atoms with Crippen molar-refractivity contribution in [3.63, 3.8) is 0 Å². The second kappa shape index (κ2) is 6.91. The lowest BCUT2D eigenvalue weighted by Gasteiger charge is -2.11. The quantitative estimate of drug-likeness (QED) is 0.826. The Kier molecular flexibility index (Phi) is 5.84. The molecular formula is C10H15Cl2N3O. The van der Waals surface area contributed by atoms with Crippen molar-refractivity contribution in [2.75, 3.05) is 25.6 Å². The molecule has 0 aromatic carbocycles. The Hall–Kier alpha value is -0.550. The summed E-state index contributed by atoms with van der Waals surface area (Å²) in [6.45, 7) is 1.24. The van der Waals surface area contributed by atoms with Gasteiger partial charge in [-0.3, -0.25) is 0 Å². The number of halogens is 2. The zero-order chi connectivity index (χ0) is 12.0. The van der Waals surface area contributed by atoms with Gasteiger partial charge >= 0.3 is 0 Å². The van der Waals surface area contributed by atoms with Crippen LogP contribution in [0.3, 0.4) is 0 Å². The second-order valence-corrected chi connectivity index (χ2v) is 4.26. The molecule has 1 aromatic heterocycles. The van der Waals surface area contributed by atoms with Crippen LogP contribution in [0.2, 0.25) is 10.0 Å². The topological polar surface area (TPSA) is 60.2 Å².